The van der Waals surface area contributed by atoms with E-state index in [0.717, 1.165) is 36.4 Å². The summed E-state index contributed by atoms with van der Waals surface area (Å²) < 4.78 is 7.64. The van der Waals surface area contributed by atoms with Crippen molar-refractivity contribution in [2.24, 2.45) is 7.05 Å². The third-order valence-electron chi connectivity index (χ3n) is 5.43. The molecule has 0 bridgehead atoms. The van der Waals surface area contributed by atoms with Crippen molar-refractivity contribution in [1.29, 1.82) is 5.26 Å². The molecule has 2 aliphatic heterocycles. The van der Waals surface area contributed by atoms with Crippen molar-refractivity contribution in [3.05, 3.63) is 52.8 Å². The minimum Gasteiger partial charge on any atom is -0.376 e. The summed E-state index contributed by atoms with van der Waals surface area (Å²) in [6.45, 7) is 3.28. The zero-order valence-corrected chi connectivity index (χ0v) is 15.0. The maximum atomic E-state index is 13.2. The number of fused-ring (bicyclic) bond motifs is 1. The first kappa shape index (κ1) is 16.7. The van der Waals surface area contributed by atoms with E-state index >= 15 is 0 Å². The minimum absolute atomic E-state index is 0.00149. The third-order valence-corrected chi connectivity index (χ3v) is 5.43. The van der Waals surface area contributed by atoms with Crippen LogP contribution in [0, 0.1) is 18.3 Å². The monoisotopic (exact) mass is 350 g/mol. The van der Waals surface area contributed by atoms with Crippen LogP contribution in [0.2, 0.25) is 0 Å². The summed E-state index contributed by atoms with van der Waals surface area (Å²) in [4.78, 5) is 15.1. The van der Waals surface area contributed by atoms with Gasteiger partial charge >= 0.3 is 0 Å². The molecular weight excluding hydrogens is 328 g/mol. The number of para-hydroxylation sites is 1. The first-order chi connectivity index (χ1) is 12.6. The fourth-order valence-corrected chi connectivity index (χ4v) is 3.84. The summed E-state index contributed by atoms with van der Waals surface area (Å²) in [5.74, 6) is 0.00149. The van der Waals surface area contributed by atoms with Crippen LogP contribution in [0.15, 0.2) is 30.3 Å². The van der Waals surface area contributed by atoms with Gasteiger partial charge in [0.2, 0.25) is 0 Å². The largest absolute Gasteiger partial charge is 0.376 e. The van der Waals surface area contributed by atoms with Gasteiger partial charge in [-0.1, -0.05) is 12.1 Å². The van der Waals surface area contributed by atoms with Gasteiger partial charge in [0, 0.05) is 37.1 Å². The average Bonchev–Trinajstić information content (AvgIpc) is 3.26. The van der Waals surface area contributed by atoms with E-state index in [9.17, 15) is 10.1 Å². The number of anilines is 1. The predicted octanol–water partition coefficient (Wildman–Crippen LogP) is 2.95. The molecular formula is C20H22N4O2. The zero-order valence-electron chi connectivity index (χ0n) is 15.0. The molecule has 0 saturated carbocycles. The van der Waals surface area contributed by atoms with Crippen LogP contribution < -0.4 is 5.32 Å². The first-order valence-corrected chi connectivity index (χ1v) is 8.94. The van der Waals surface area contributed by atoms with Crippen LogP contribution >= 0.6 is 0 Å². The Kier molecular flexibility index (Phi) is 4.17. The van der Waals surface area contributed by atoms with Crippen LogP contribution in [0.1, 0.15) is 46.3 Å². The molecule has 1 saturated heterocycles. The lowest BCUT2D eigenvalue weighted by molar-refractivity contribution is 0.0426. The Balaban J connectivity index is 1.77. The van der Waals surface area contributed by atoms with Crippen molar-refractivity contribution in [1.82, 2.24) is 9.47 Å². The van der Waals surface area contributed by atoms with Crippen molar-refractivity contribution in [2.75, 3.05) is 18.5 Å². The molecule has 2 aliphatic rings. The summed E-state index contributed by atoms with van der Waals surface area (Å²) in [6.07, 6.45) is 1.75. The first-order valence-electron chi connectivity index (χ1n) is 8.94. The van der Waals surface area contributed by atoms with Gasteiger partial charge in [-0.2, -0.15) is 5.26 Å². The van der Waals surface area contributed by atoms with Crippen LogP contribution in [0.25, 0.3) is 0 Å². The second-order valence-corrected chi connectivity index (χ2v) is 6.93. The van der Waals surface area contributed by atoms with E-state index in [1.807, 2.05) is 53.8 Å². The summed E-state index contributed by atoms with van der Waals surface area (Å²) in [7, 11) is 1.88. The number of rotatable bonds is 3. The summed E-state index contributed by atoms with van der Waals surface area (Å²) in [6, 6.07) is 11.7. The van der Waals surface area contributed by atoms with E-state index < -0.39 is 0 Å². The standard InChI is InChI=1S/C20H22N4O2/c1-13-17(10-14(11-21)23(13)2)19-22-18-8-4-3-7-16(18)20(25)24(19)12-15-6-5-9-26-15/h3-4,7-8,10,15,19,22H,5-6,9,12H2,1-2H3/t15-,19-/m1/s1. The second kappa shape index (κ2) is 6.50. The lowest BCUT2D eigenvalue weighted by Gasteiger charge is -2.39. The van der Waals surface area contributed by atoms with Gasteiger partial charge in [0.05, 0.1) is 11.7 Å². The Morgan fingerprint density at radius 1 is 1.38 bits per heavy atom. The van der Waals surface area contributed by atoms with Gasteiger partial charge in [0.1, 0.15) is 17.9 Å². The minimum atomic E-state index is -0.310. The lowest BCUT2D eigenvalue weighted by atomic mass is 10.0. The normalized spacial score (nSPS) is 22.0. The van der Waals surface area contributed by atoms with E-state index in [0.29, 0.717) is 17.8 Å². The maximum absolute atomic E-state index is 13.2. The highest BCUT2D eigenvalue weighted by atomic mass is 16.5. The van der Waals surface area contributed by atoms with Crippen LogP contribution in [-0.2, 0) is 11.8 Å². The number of amides is 1. The van der Waals surface area contributed by atoms with E-state index in [2.05, 4.69) is 11.4 Å². The maximum Gasteiger partial charge on any atom is 0.257 e. The number of benzene rings is 1. The highest BCUT2D eigenvalue weighted by Gasteiger charge is 2.36. The van der Waals surface area contributed by atoms with Gasteiger partial charge in [0.15, 0.2) is 0 Å². The Morgan fingerprint density at radius 3 is 2.88 bits per heavy atom. The number of carbonyl (C=O) groups is 1. The second-order valence-electron chi connectivity index (χ2n) is 6.93. The van der Waals surface area contributed by atoms with Gasteiger partial charge in [-0.15, -0.1) is 0 Å². The van der Waals surface area contributed by atoms with E-state index in [1.165, 1.54) is 0 Å². The molecule has 26 heavy (non-hydrogen) atoms. The van der Waals surface area contributed by atoms with Crippen molar-refractivity contribution in [3.8, 4) is 6.07 Å². The van der Waals surface area contributed by atoms with Gasteiger partial charge in [0.25, 0.3) is 5.91 Å². The Bertz CT molecular complexity index is 890. The van der Waals surface area contributed by atoms with Gasteiger partial charge < -0.3 is 19.5 Å². The van der Waals surface area contributed by atoms with Crippen molar-refractivity contribution in [3.63, 3.8) is 0 Å². The van der Waals surface area contributed by atoms with Crippen LogP contribution in [0.4, 0.5) is 5.69 Å². The smallest absolute Gasteiger partial charge is 0.257 e. The molecule has 1 aromatic heterocycles. The summed E-state index contributed by atoms with van der Waals surface area (Å²) in [5, 5.41) is 12.9. The molecule has 134 valence electrons. The molecule has 1 aromatic carbocycles. The van der Waals surface area contributed by atoms with Crippen LogP contribution in [0.3, 0.4) is 0 Å². The number of hydrogen-bond donors (Lipinski definition) is 1. The molecule has 1 amide bonds. The van der Waals surface area contributed by atoms with E-state index in [1.54, 1.807) is 0 Å². The fourth-order valence-electron chi connectivity index (χ4n) is 3.84. The SMILES string of the molecule is Cc1c([C@@H]2Nc3ccccc3C(=O)N2C[C@H]2CCCO2)cc(C#N)n1C. The number of nitrogens with zero attached hydrogens (tertiary/aromatic N) is 3. The molecule has 6 nitrogen and oxygen atoms in total. The number of carbonyl (C=O) groups excluding carboxylic acids is 1. The molecule has 0 aliphatic carbocycles. The highest BCUT2D eigenvalue weighted by molar-refractivity contribution is 6.01. The van der Waals surface area contributed by atoms with Gasteiger partial charge in [-0.25, -0.2) is 0 Å². The fraction of sp³-hybridized carbons (Fsp3) is 0.400. The number of hydrogen-bond acceptors (Lipinski definition) is 4. The van der Waals surface area contributed by atoms with Crippen molar-refractivity contribution in [2.45, 2.75) is 32.0 Å². The molecule has 1 fully saturated rings. The van der Waals surface area contributed by atoms with E-state index in [-0.39, 0.29) is 18.2 Å². The molecule has 2 atom stereocenters. The highest BCUT2D eigenvalue weighted by Crippen LogP contribution is 2.36. The number of aromatic nitrogens is 1. The molecule has 0 radical (unpaired) electrons. The molecule has 4 rings (SSSR count). The Hall–Kier alpha value is -2.78. The number of nitriles is 1. The third kappa shape index (κ3) is 2.65. The number of nitrogens with one attached hydrogen (secondary N) is 1. The van der Waals surface area contributed by atoms with Gasteiger partial charge in [-0.3, -0.25) is 4.79 Å². The van der Waals surface area contributed by atoms with Crippen molar-refractivity contribution < 1.29 is 9.53 Å². The molecule has 1 N–H and O–H groups in total. The Morgan fingerprint density at radius 2 is 2.19 bits per heavy atom. The molecule has 2 aromatic rings. The quantitative estimate of drug-likeness (QED) is 0.924. The zero-order chi connectivity index (χ0) is 18.3. The Labute approximate surface area is 153 Å². The van der Waals surface area contributed by atoms with E-state index in [4.69, 9.17) is 4.74 Å². The van der Waals surface area contributed by atoms with Crippen molar-refractivity contribution >= 4 is 11.6 Å². The molecule has 6 heteroatoms. The summed E-state index contributed by atoms with van der Waals surface area (Å²) >= 11 is 0. The number of ether oxygens (including phenoxy) is 1. The topological polar surface area (TPSA) is 70.3 Å². The summed E-state index contributed by atoms with van der Waals surface area (Å²) in [5.41, 5.74) is 4.01. The predicted molar refractivity (Wildman–Crippen MR) is 97.7 cm³/mol. The molecule has 0 spiro atoms. The van der Waals surface area contributed by atoms with Crippen LogP contribution in [-0.4, -0.2) is 34.6 Å². The lowest BCUT2D eigenvalue weighted by Crippen LogP contribution is -2.46. The molecule has 0 unspecified atom stereocenters. The molecule has 3 heterocycles. The van der Waals surface area contributed by atoms with Crippen LogP contribution in [0.5, 0.6) is 0 Å². The average molecular weight is 350 g/mol. The van der Waals surface area contributed by atoms with Gasteiger partial charge in [-0.05, 0) is 38.0 Å².